The Hall–Kier alpha value is -1.14. The fourth-order valence-corrected chi connectivity index (χ4v) is 2.95. The van der Waals surface area contributed by atoms with E-state index in [2.05, 4.69) is 21.2 Å². The number of hydrogen-bond acceptors (Lipinski definition) is 3. The summed E-state index contributed by atoms with van der Waals surface area (Å²) in [6.45, 7) is 0. The highest BCUT2D eigenvalue weighted by molar-refractivity contribution is 9.10. The van der Waals surface area contributed by atoms with Crippen LogP contribution in [0.3, 0.4) is 0 Å². The number of thiocarbonyl (C=S) groups is 1. The van der Waals surface area contributed by atoms with E-state index in [4.69, 9.17) is 22.7 Å². The lowest BCUT2D eigenvalue weighted by molar-refractivity contribution is -0.125. The van der Waals surface area contributed by atoms with Crippen molar-refractivity contribution in [2.24, 2.45) is 11.1 Å². The maximum atomic E-state index is 12.3. The van der Waals surface area contributed by atoms with Crippen LogP contribution in [-0.2, 0) is 4.79 Å². The molecule has 1 aliphatic rings. The molecule has 0 aromatic heterocycles. The van der Waals surface area contributed by atoms with Gasteiger partial charge in [0.1, 0.15) is 5.75 Å². The zero-order valence-electron chi connectivity index (χ0n) is 10.5. The molecule has 6 heteroatoms. The number of ether oxygens (including phenoxy) is 1. The maximum absolute atomic E-state index is 12.3. The van der Waals surface area contributed by atoms with Crippen LogP contribution >= 0.6 is 28.1 Å². The van der Waals surface area contributed by atoms with Gasteiger partial charge >= 0.3 is 0 Å². The SMILES string of the molecule is COc1ccc(NC(=O)C2(C(N)=S)CCC2)cc1Br. The van der Waals surface area contributed by atoms with Crippen molar-refractivity contribution in [3.8, 4) is 5.75 Å². The average molecular weight is 343 g/mol. The molecule has 2 rings (SSSR count). The Kier molecular flexibility index (Phi) is 4.10. The Morgan fingerprint density at radius 2 is 2.21 bits per heavy atom. The summed E-state index contributed by atoms with van der Waals surface area (Å²) in [6.07, 6.45) is 2.44. The van der Waals surface area contributed by atoms with Gasteiger partial charge in [-0.3, -0.25) is 4.79 Å². The van der Waals surface area contributed by atoms with E-state index in [0.29, 0.717) is 11.4 Å². The minimum Gasteiger partial charge on any atom is -0.496 e. The number of halogens is 1. The Labute approximate surface area is 125 Å². The lowest BCUT2D eigenvalue weighted by Crippen LogP contribution is -2.50. The van der Waals surface area contributed by atoms with Crippen molar-refractivity contribution in [2.45, 2.75) is 19.3 Å². The maximum Gasteiger partial charge on any atom is 0.237 e. The first-order valence-corrected chi connectivity index (χ1v) is 7.14. The highest BCUT2D eigenvalue weighted by Crippen LogP contribution is 2.42. The molecule has 1 aliphatic carbocycles. The number of benzene rings is 1. The van der Waals surface area contributed by atoms with E-state index in [-0.39, 0.29) is 10.9 Å². The third-order valence-electron chi connectivity index (χ3n) is 3.52. The predicted molar refractivity (Wildman–Crippen MR) is 82.4 cm³/mol. The van der Waals surface area contributed by atoms with Crippen molar-refractivity contribution < 1.29 is 9.53 Å². The zero-order chi connectivity index (χ0) is 14.0. The minimum atomic E-state index is -0.665. The summed E-state index contributed by atoms with van der Waals surface area (Å²) in [5.74, 6) is 0.592. The number of rotatable bonds is 4. The van der Waals surface area contributed by atoms with Gasteiger partial charge in [-0.1, -0.05) is 18.6 Å². The number of nitrogens with one attached hydrogen (secondary N) is 1. The first-order valence-electron chi connectivity index (χ1n) is 5.94. The first kappa shape index (κ1) is 14.3. The van der Waals surface area contributed by atoms with Gasteiger partial charge in [0.05, 0.1) is 22.0 Å². The predicted octanol–water partition coefficient (Wildman–Crippen LogP) is 2.85. The Morgan fingerprint density at radius 3 is 2.63 bits per heavy atom. The molecule has 0 radical (unpaired) electrons. The number of anilines is 1. The van der Waals surface area contributed by atoms with E-state index in [1.165, 1.54) is 0 Å². The summed E-state index contributed by atoms with van der Waals surface area (Å²) in [6, 6.07) is 5.37. The van der Waals surface area contributed by atoms with E-state index >= 15 is 0 Å². The molecule has 1 aromatic carbocycles. The van der Waals surface area contributed by atoms with Gasteiger partial charge < -0.3 is 15.8 Å². The number of methoxy groups -OCH3 is 1. The molecule has 0 bridgehead atoms. The normalized spacial score (nSPS) is 16.3. The van der Waals surface area contributed by atoms with Gasteiger partial charge in [-0.05, 0) is 47.0 Å². The van der Waals surface area contributed by atoms with E-state index in [9.17, 15) is 4.79 Å². The van der Waals surface area contributed by atoms with Crippen molar-refractivity contribution in [1.82, 2.24) is 0 Å². The minimum absolute atomic E-state index is 0.122. The highest BCUT2D eigenvalue weighted by Gasteiger charge is 2.46. The third-order valence-corrected chi connectivity index (χ3v) is 4.53. The van der Waals surface area contributed by atoms with Crippen molar-refractivity contribution >= 4 is 44.7 Å². The highest BCUT2D eigenvalue weighted by atomic mass is 79.9. The van der Waals surface area contributed by atoms with Crippen LogP contribution in [-0.4, -0.2) is 18.0 Å². The van der Waals surface area contributed by atoms with Gasteiger partial charge in [0, 0.05) is 5.69 Å². The van der Waals surface area contributed by atoms with Crippen LogP contribution in [0.2, 0.25) is 0 Å². The Morgan fingerprint density at radius 1 is 1.53 bits per heavy atom. The number of carbonyl (C=O) groups is 1. The van der Waals surface area contributed by atoms with E-state index in [1.54, 1.807) is 25.3 Å². The summed E-state index contributed by atoms with van der Waals surface area (Å²) < 4.78 is 5.93. The Balaban J connectivity index is 2.15. The molecule has 1 saturated carbocycles. The first-order chi connectivity index (χ1) is 8.99. The molecule has 102 valence electrons. The van der Waals surface area contributed by atoms with Gasteiger partial charge in [0.15, 0.2) is 0 Å². The van der Waals surface area contributed by atoms with Crippen LogP contribution in [0.5, 0.6) is 5.75 Å². The topological polar surface area (TPSA) is 64.3 Å². The van der Waals surface area contributed by atoms with Crippen molar-refractivity contribution in [3.05, 3.63) is 22.7 Å². The molecule has 1 fully saturated rings. The summed E-state index contributed by atoms with van der Waals surface area (Å²) in [7, 11) is 1.59. The summed E-state index contributed by atoms with van der Waals surface area (Å²) >= 11 is 8.41. The second-order valence-corrected chi connectivity index (χ2v) is 5.90. The molecule has 0 unspecified atom stereocenters. The molecule has 0 saturated heterocycles. The van der Waals surface area contributed by atoms with Crippen molar-refractivity contribution in [3.63, 3.8) is 0 Å². The fraction of sp³-hybridized carbons (Fsp3) is 0.385. The summed E-state index contributed by atoms with van der Waals surface area (Å²) in [4.78, 5) is 12.6. The lowest BCUT2D eigenvalue weighted by atomic mass is 9.68. The van der Waals surface area contributed by atoms with Crippen molar-refractivity contribution in [1.29, 1.82) is 0 Å². The van der Waals surface area contributed by atoms with Crippen LogP contribution in [0.25, 0.3) is 0 Å². The van der Waals surface area contributed by atoms with Crippen LogP contribution in [0.4, 0.5) is 5.69 Å². The van der Waals surface area contributed by atoms with E-state index in [0.717, 1.165) is 23.7 Å². The average Bonchev–Trinajstić information content (AvgIpc) is 2.26. The van der Waals surface area contributed by atoms with Crippen LogP contribution in [0.1, 0.15) is 19.3 Å². The second kappa shape index (κ2) is 5.46. The smallest absolute Gasteiger partial charge is 0.237 e. The molecule has 0 atom stereocenters. The molecule has 0 spiro atoms. The molecule has 1 amide bonds. The molecular weight excluding hydrogens is 328 g/mol. The second-order valence-electron chi connectivity index (χ2n) is 4.60. The van der Waals surface area contributed by atoms with E-state index < -0.39 is 5.41 Å². The van der Waals surface area contributed by atoms with Crippen molar-refractivity contribution in [2.75, 3.05) is 12.4 Å². The molecular formula is C13H15BrN2O2S. The monoisotopic (exact) mass is 342 g/mol. The number of nitrogens with two attached hydrogens (primary N) is 1. The van der Waals surface area contributed by atoms with Crippen LogP contribution < -0.4 is 15.8 Å². The third kappa shape index (κ3) is 2.60. The molecule has 3 N–H and O–H groups in total. The standard InChI is InChI=1S/C13H15BrN2O2S/c1-18-10-4-3-8(7-9(10)14)16-12(17)13(11(15)19)5-2-6-13/h3-4,7H,2,5-6H2,1H3,(H2,15,19)(H,16,17). The summed E-state index contributed by atoms with van der Waals surface area (Å²) in [5.41, 5.74) is 5.73. The van der Waals surface area contributed by atoms with Gasteiger partial charge in [-0.15, -0.1) is 0 Å². The quantitative estimate of drug-likeness (QED) is 0.825. The molecule has 0 aliphatic heterocycles. The summed E-state index contributed by atoms with van der Waals surface area (Å²) in [5, 5.41) is 2.87. The zero-order valence-corrected chi connectivity index (χ0v) is 12.9. The van der Waals surface area contributed by atoms with Gasteiger partial charge in [0.2, 0.25) is 5.91 Å². The van der Waals surface area contributed by atoms with Crippen LogP contribution in [0.15, 0.2) is 22.7 Å². The molecule has 1 aromatic rings. The largest absolute Gasteiger partial charge is 0.496 e. The Bertz CT molecular complexity index is 529. The van der Waals surface area contributed by atoms with Gasteiger partial charge in [-0.25, -0.2) is 0 Å². The van der Waals surface area contributed by atoms with Crippen LogP contribution in [0, 0.1) is 5.41 Å². The number of amides is 1. The lowest BCUT2D eigenvalue weighted by Gasteiger charge is -2.39. The van der Waals surface area contributed by atoms with E-state index in [1.807, 2.05) is 0 Å². The molecule has 0 heterocycles. The van der Waals surface area contributed by atoms with Gasteiger partial charge in [-0.2, -0.15) is 0 Å². The number of carbonyl (C=O) groups excluding carboxylic acids is 1. The fourth-order valence-electron chi connectivity index (χ4n) is 2.11. The molecule has 4 nitrogen and oxygen atoms in total. The number of hydrogen-bond donors (Lipinski definition) is 2. The molecule has 19 heavy (non-hydrogen) atoms. The van der Waals surface area contributed by atoms with Gasteiger partial charge in [0.25, 0.3) is 0 Å².